The van der Waals surface area contributed by atoms with Gasteiger partial charge in [-0.1, -0.05) is 0 Å². The minimum Gasteiger partial charge on any atom is -0.820 e. The molecule has 0 bridgehead atoms. The SMILES string of the molecule is [Ca+2].[O-]P([O-])O.[O-]P([O-])O.[Zn+2]. The van der Waals surface area contributed by atoms with Gasteiger partial charge in [0.1, 0.15) is 0 Å². The Balaban J connectivity index is -0.0000000300. The Morgan fingerprint density at radius 2 is 0.800 bits per heavy atom. The summed E-state index contributed by atoms with van der Waals surface area (Å²) in [7, 11) is -6.24. The summed E-state index contributed by atoms with van der Waals surface area (Å²) in [5.74, 6) is 0. The molecule has 0 spiro atoms. The Kier molecular flexibility index (Phi) is 40.2. The van der Waals surface area contributed by atoms with E-state index in [4.69, 9.17) is 29.4 Å². The number of rotatable bonds is 0. The minimum atomic E-state index is -3.12. The molecule has 0 fully saturated rings. The van der Waals surface area contributed by atoms with E-state index in [1.54, 1.807) is 0 Å². The van der Waals surface area contributed by atoms with Crippen LogP contribution in [0.5, 0.6) is 0 Å². The van der Waals surface area contributed by atoms with Crippen molar-refractivity contribution in [3.63, 3.8) is 0 Å². The van der Waals surface area contributed by atoms with Crippen molar-refractivity contribution in [3.8, 4) is 0 Å². The van der Waals surface area contributed by atoms with E-state index >= 15 is 0 Å². The molecular weight excluding hydrogens is 263 g/mol. The van der Waals surface area contributed by atoms with Gasteiger partial charge in [0, 0.05) is 0 Å². The molecule has 0 rings (SSSR count). The smallest absolute Gasteiger partial charge is 0.820 e. The van der Waals surface area contributed by atoms with Gasteiger partial charge in [0.25, 0.3) is 0 Å². The summed E-state index contributed by atoms with van der Waals surface area (Å²) in [6.45, 7) is 0. The summed E-state index contributed by atoms with van der Waals surface area (Å²) in [6.07, 6.45) is 0. The predicted octanol–water partition coefficient (Wildman–Crippen LogP) is -4.53. The zero-order valence-electron chi connectivity index (χ0n) is 4.84. The fourth-order valence-electron chi connectivity index (χ4n) is 0. The quantitative estimate of drug-likeness (QED) is 0.335. The first-order valence-electron chi connectivity index (χ1n) is 1.13. The number of hydrogen-bond acceptors (Lipinski definition) is 6. The maximum absolute atomic E-state index is 8.59. The van der Waals surface area contributed by atoms with Gasteiger partial charge in [0.15, 0.2) is 0 Å². The van der Waals surface area contributed by atoms with E-state index < -0.39 is 17.2 Å². The van der Waals surface area contributed by atoms with Crippen LogP contribution in [-0.4, -0.2) is 47.5 Å². The molecule has 0 atom stereocenters. The summed E-state index contributed by atoms with van der Waals surface area (Å²) in [4.78, 5) is 48.4. The molecule has 0 aliphatic rings. The second kappa shape index (κ2) is 17.6. The van der Waals surface area contributed by atoms with Gasteiger partial charge in [0.2, 0.25) is 0 Å². The van der Waals surface area contributed by atoms with E-state index in [1.165, 1.54) is 0 Å². The van der Waals surface area contributed by atoms with Crippen LogP contribution in [0.1, 0.15) is 0 Å². The van der Waals surface area contributed by atoms with Gasteiger partial charge in [-0.2, -0.15) is 17.2 Å². The molecule has 0 amide bonds. The molecule has 0 aliphatic heterocycles. The van der Waals surface area contributed by atoms with Crippen LogP contribution in [0, 0.1) is 0 Å². The van der Waals surface area contributed by atoms with Crippen molar-refractivity contribution >= 4 is 54.9 Å². The van der Waals surface area contributed by atoms with Crippen LogP contribution in [0.4, 0.5) is 0 Å². The zero-order chi connectivity index (χ0) is 7.15. The van der Waals surface area contributed by atoms with Crippen molar-refractivity contribution in [2.45, 2.75) is 0 Å². The second-order valence-corrected chi connectivity index (χ2v) is 1.43. The third-order valence-corrected chi connectivity index (χ3v) is 0. The third-order valence-electron chi connectivity index (χ3n) is 0. The van der Waals surface area contributed by atoms with E-state index in [1.807, 2.05) is 0 Å². The average Bonchev–Trinajstić information content (AvgIpc) is 1.25. The summed E-state index contributed by atoms with van der Waals surface area (Å²) >= 11 is 0. The Morgan fingerprint density at radius 1 is 0.800 bits per heavy atom. The molecular formula is H2CaO6P2Zn. The molecule has 0 unspecified atom stereocenters. The van der Waals surface area contributed by atoms with Crippen LogP contribution in [-0.2, 0) is 19.5 Å². The molecule has 0 saturated heterocycles. The standard InChI is InChI=1S/Ca.2HO3P.Zn/c;2*1-4(2)3;/h;2*1H;/q+2;2*-2;+2. The first-order valence-corrected chi connectivity index (χ1v) is 3.39. The second-order valence-electron chi connectivity index (χ2n) is 0.476. The van der Waals surface area contributed by atoms with Crippen LogP contribution < -0.4 is 19.6 Å². The molecule has 10 heavy (non-hydrogen) atoms. The van der Waals surface area contributed by atoms with E-state index in [0.29, 0.717) is 0 Å². The van der Waals surface area contributed by atoms with Crippen molar-refractivity contribution in [3.05, 3.63) is 0 Å². The van der Waals surface area contributed by atoms with Crippen molar-refractivity contribution in [1.29, 1.82) is 0 Å². The van der Waals surface area contributed by atoms with Gasteiger partial charge in [-0.15, -0.1) is 0 Å². The topological polar surface area (TPSA) is 133 Å². The maximum atomic E-state index is 8.59. The normalized spacial score (nSPS) is 7.20. The molecule has 0 heterocycles. The average molecular weight is 265 g/mol. The van der Waals surface area contributed by atoms with Gasteiger partial charge < -0.3 is 29.4 Å². The van der Waals surface area contributed by atoms with E-state index in [9.17, 15) is 0 Å². The van der Waals surface area contributed by atoms with Crippen LogP contribution in [0.2, 0.25) is 0 Å². The van der Waals surface area contributed by atoms with Crippen molar-refractivity contribution in [1.82, 2.24) is 0 Å². The molecule has 10 heteroatoms. The van der Waals surface area contributed by atoms with Crippen molar-refractivity contribution in [2.24, 2.45) is 0 Å². The fourth-order valence-corrected chi connectivity index (χ4v) is 0. The van der Waals surface area contributed by atoms with Gasteiger partial charge in [-0.05, 0) is 0 Å². The Hall–Kier alpha value is 2.50. The molecule has 2 N–H and O–H groups in total. The van der Waals surface area contributed by atoms with Crippen LogP contribution in [0.25, 0.3) is 0 Å². The molecule has 0 aromatic heterocycles. The Morgan fingerprint density at radius 3 is 0.800 bits per heavy atom. The van der Waals surface area contributed by atoms with E-state index in [-0.39, 0.29) is 57.2 Å². The van der Waals surface area contributed by atoms with Crippen LogP contribution >= 0.6 is 17.2 Å². The molecule has 0 saturated carbocycles. The van der Waals surface area contributed by atoms with Gasteiger partial charge >= 0.3 is 57.2 Å². The summed E-state index contributed by atoms with van der Waals surface area (Å²) in [5, 5.41) is 0. The molecule has 0 aromatic carbocycles. The molecule has 0 aliphatic carbocycles. The van der Waals surface area contributed by atoms with Gasteiger partial charge in [-0.25, -0.2) is 0 Å². The molecule has 0 aromatic rings. The van der Waals surface area contributed by atoms with Crippen molar-refractivity contribution < 1.29 is 48.8 Å². The third kappa shape index (κ3) is 151. The largest absolute Gasteiger partial charge is 2.00 e. The minimum absolute atomic E-state index is 0. The first kappa shape index (κ1) is 22.9. The number of hydrogen-bond donors (Lipinski definition) is 2. The maximum Gasteiger partial charge on any atom is 2.00 e. The van der Waals surface area contributed by atoms with Crippen LogP contribution in [0.15, 0.2) is 0 Å². The predicted molar refractivity (Wildman–Crippen MR) is 24.0 cm³/mol. The first-order chi connectivity index (χ1) is 3.46. The summed E-state index contributed by atoms with van der Waals surface area (Å²) in [6, 6.07) is 0. The van der Waals surface area contributed by atoms with Gasteiger partial charge in [-0.3, -0.25) is 0 Å². The fraction of sp³-hybridized carbons (Fsp3) is 0. The summed E-state index contributed by atoms with van der Waals surface area (Å²) < 4.78 is 0. The van der Waals surface area contributed by atoms with Crippen molar-refractivity contribution in [2.75, 3.05) is 0 Å². The zero-order valence-corrected chi connectivity index (χ0v) is 11.8. The molecule has 0 radical (unpaired) electrons. The van der Waals surface area contributed by atoms with Crippen LogP contribution in [0.3, 0.4) is 0 Å². The molecule has 6 nitrogen and oxygen atoms in total. The Labute approximate surface area is 103 Å². The molecule has 52 valence electrons. The van der Waals surface area contributed by atoms with Gasteiger partial charge in [0.05, 0.1) is 0 Å². The Bertz CT molecular complexity index is 31.2. The summed E-state index contributed by atoms with van der Waals surface area (Å²) in [5.41, 5.74) is 0. The van der Waals surface area contributed by atoms with E-state index in [0.717, 1.165) is 0 Å². The van der Waals surface area contributed by atoms with E-state index in [2.05, 4.69) is 0 Å². The monoisotopic (exact) mass is 264 g/mol.